The van der Waals surface area contributed by atoms with Gasteiger partial charge in [0.05, 0.1) is 10.7 Å². The fourth-order valence-corrected chi connectivity index (χ4v) is 6.32. The molecule has 5 rings (SSSR count). The molecule has 0 saturated heterocycles. The highest BCUT2D eigenvalue weighted by Gasteiger charge is 2.17. The number of hydrogen-bond donors (Lipinski definition) is 1. The maximum atomic E-state index is 12.6. The van der Waals surface area contributed by atoms with Crippen molar-refractivity contribution in [1.29, 1.82) is 0 Å². The van der Waals surface area contributed by atoms with Crippen molar-refractivity contribution in [2.75, 3.05) is 11.1 Å². The average molecular weight is 576 g/mol. The molecule has 196 valence electrons. The van der Waals surface area contributed by atoms with Crippen LogP contribution in [0.2, 0.25) is 0 Å². The van der Waals surface area contributed by atoms with E-state index in [4.69, 9.17) is 0 Å². The molecule has 1 amide bonds. The number of anilines is 1. The van der Waals surface area contributed by atoms with Gasteiger partial charge in [-0.05, 0) is 28.5 Å². The van der Waals surface area contributed by atoms with E-state index in [1.165, 1.54) is 51.6 Å². The molecule has 0 fully saturated rings. The third kappa shape index (κ3) is 6.33. The Balaban J connectivity index is 1.18. The highest BCUT2D eigenvalue weighted by atomic mass is 32.2. The van der Waals surface area contributed by atoms with Crippen molar-refractivity contribution in [2.24, 2.45) is 0 Å². The largest absolute Gasteiger partial charge is 0.300 e. The van der Waals surface area contributed by atoms with E-state index in [1.807, 2.05) is 18.2 Å². The molecule has 0 aliphatic carbocycles. The predicted octanol–water partition coefficient (Wildman–Crippen LogP) is 6.07. The van der Waals surface area contributed by atoms with Gasteiger partial charge >= 0.3 is 0 Å². The molecule has 5 aromatic rings. The molecule has 2 aromatic heterocycles. The highest BCUT2D eigenvalue weighted by molar-refractivity contribution is 8.00. The number of carbonyl (C=O) groups is 1. The Labute approximate surface area is 235 Å². The topological polar surface area (TPSA) is 129 Å². The first-order valence-corrected chi connectivity index (χ1v) is 14.4. The lowest BCUT2D eigenvalue weighted by atomic mass is 10.1. The molecule has 2 heterocycles. The van der Waals surface area contributed by atoms with Gasteiger partial charge in [0, 0.05) is 30.0 Å². The quantitative estimate of drug-likeness (QED) is 0.0656. The molecule has 0 atom stereocenters. The van der Waals surface area contributed by atoms with Crippen molar-refractivity contribution in [3.05, 3.63) is 95.1 Å². The van der Waals surface area contributed by atoms with Crippen LogP contribution in [0, 0.1) is 10.1 Å². The smallest absolute Gasteiger partial charge is 0.269 e. The van der Waals surface area contributed by atoms with Crippen molar-refractivity contribution >= 4 is 62.4 Å². The number of carbonyl (C=O) groups excluding carboxylic acids is 1. The monoisotopic (exact) mass is 575 g/mol. The number of nitro groups is 1. The molecule has 0 unspecified atom stereocenters. The van der Waals surface area contributed by atoms with Gasteiger partial charge in [-0.25, -0.2) is 0 Å². The number of rotatable bonds is 11. The molecule has 10 nitrogen and oxygen atoms in total. The van der Waals surface area contributed by atoms with Crippen LogP contribution in [0.25, 0.3) is 22.2 Å². The van der Waals surface area contributed by atoms with Gasteiger partial charge in [-0.15, -0.1) is 27.0 Å². The van der Waals surface area contributed by atoms with E-state index in [2.05, 4.69) is 56.6 Å². The van der Waals surface area contributed by atoms with Crippen LogP contribution in [0.15, 0.2) is 88.9 Å². The number of benzene rings is 3. The van der Waals surface area contributed by atoms with Gasteiger partial charge in [-0.2, -0.15) is 0 Å². The number of aromatic nitrogens is 5. The summed E-state index contributed by atoms with van der Waals surface area (Å²) in [5.74, 6) is 1.13. The zero-order valence-electron chi connectivity index (χ0n) is 20.4. The Morgan fingerprint density at radius 3 is 2.62 bits per heavy atom. The number of non-ortho nitro benzene ring substituents is 1. The van der Waals surface area contributed by atoms with Gasteiger partial charge < -0.3 is 0 Å². The first kappa shape index (κ1) is 26.5. The molecular formula is C26H21N7O3S3. The van der Waals surface area contributed by atoms with E-state index in [1.54, 1.807) is 34.5 Å². The lowest BCUT2D eigenvalue weighted by molar-refractivity contribution is -0.384. The van der Waals surface area contributed by atoms with E-state index in [9.17, 15) is 14.9 Å². The van der Waals surface area contributed by atoms with E-state index in [0.29, 0.717) is 28.2 Å². The van der Waals surface area contributed by atoms with Gasteiger partial charge in [0.2, 0.25) is 11.0 Å². The first-order chi connectivity index (χ1) is 19.0. The van der Waals surface area contributed by atoms with Crippen molar-refractivity contribution in [2.45, 2.75) is 21.8 Å². The molecule has 0 aliphatic rings. The second-order valence-corrected chi connectivity index (χ2v) is 11.3. The molecule has 3 aromatic carbocycles. The van der Waals surface area contributed by atoms with Crippen LogP contribution in [0.1, 0.15) is 5.56 Å². The maximum absolute atomic E-state index is 12.6. The SMILES string of the molecule is C=CCn1c(SCC(=O)Nc2nnc(SCc3cccc4ccccc34)s2)nnc1-c1ccc([N+](=O)[O-])cc1. The van der Waals surface area contributed by atoms with Crippen LogP contribution in [-0.2, 0) is 17.1 Å². The van der Waals surface area contributed by atoms with Crippen LogP contribution in [0.5, 0.6) is 0 Å². The van der Waals surface area contributed by atoms with Crippen LogP contribution < -0.4 is 5.32 Å². The number of hydrogen-bond acceptors (Lipinski definition) is 10. The summed E-state index contributed by atoms with van der Waals surface area (Å²) in [6.07, 6.45) is 1.70. The molecular weight excluding hydrogens is 555 g/mol. The lowest BCUT2D eigenvalue weighted by Gasteiger charge is -2.07. The van der Waals surface area contributed by atoms with E-state index in [0.717, 1.165) is 10.1 Å². The van der Waals surface area contributed by atoms with Gasteiger partial charge in [0.25, 0.3) is 5.69 Å². The van der Waals surface area contributed by atoms with Gasteiger partial charge in [0.15, 0.2) is 15.3 Å². The van der Waals surface area contributed by atoms with Crippen LogP contribution >= 0.6 is 34.9 Å². The third-order valence-corrected chi connectivity index (χ3v) is 8.57. The van der Waals surface area contributed by atoms with E-state index < -0.39 is 4.92 Å². The summed E-state index contributed by atoms with van der Waals surface area (Å²) in [5.41, 5.74) is 1.88. The van der Waals surface area contributed by atoms with Crippen LogP contribution in [0.3, 0.4) is 0 Å². The summed E-state index contributed by atoms with van der Waals surface area (Å²) < 4.78 is 2.57. The molecule has 0 spiro atoms. The maximum Gasteiger partial charge on any atom is 0.269 e. The van der Waals surface area contributed by atoms with E-state index in [-0.39, 0.29) is 17.3 Å². The Morgan fingerprint density at radius 2 is 1.82 bits per heavy atom. The minimum Gasteiger partial charge on any atom is -0.300 e. The number of nitro benzene ring substituents is 1. The van der Waals surface area contributed by atoms with Crippen molar-refractivity contribution in [1.82, 2.24) is 25.0 Å². The Morgan fingerprint density at radius 1 is 1.03 bits per heavy atom. The third-order valence-electron chi connectivity index (χ3n) is 5.58. The summed E-state index contributed by atoms with van der Waals surface area (Å²) in [6.45, 7) is 4.19. The zero-order chi connectivity index (χ0) is 27.2. The first-order valence-electron chi connectivity index (χ1n) is 11.7. The molecule has 0 bridgehead atoms. The zero-order valence-corrected chi connectivity index (χ0v) is 22.8. The Bertz CT molecular complexity index is 1650. The van der Waals surface area contributed by atoms with Crippen molar-refractivity contribution in [3.63, 3.8) is 0 Å². The molecule has 1 N–H and O–H groups in total. The van der Waals surface area contributed by atoms with E-state index >= 15 is 0 Å². The number of nitrogens with zero attached hydrogens (tertiary/aromatic N) is 6. The number of fused-ring (bicyclic) bond motifs is 1. The Hall–Kier alpha value is -4.07. The average Bonchev–Trinajstić information content (AvgIpc) is 3.57. The minimum atomic E-state index is -0.456. The standard InChI is InChI=1S/C26H21N7O3S3/c1-2-14-32-23(18-10-12-20(13-11-18)33(35)36)28-30-25(32)37-16-22(34)27-24-29-31-26(39-24)38-15-19-8-5-7-17-6-3-4-9-21(17)19/h2-13H,1,14-16H2,(H,27,29,34). The summed E-state index contributed by atoms with van der Waals surface area (Å²) in [4.78, 5) is 23.1. The summed E-state index contributed by atoms with van der Waals surface area (Å²) in [6, 6.07) is 20.6. The second-order valence-electron chi connectivity index (χ2n) is 8.15. The second kappa shape index (κ2) is 12.2. The van der Waals surface area contributed by atoms with Crippen LogP contribution in [-0.4, -0.2) is 41.5 Å². The van der Waals surface area contributed by atoms with Gasteiger partial charge in [0.1, 0.15) is 0 Å². The molecule has 0 aliphatic heterocycles. The lowest BCUT2D eigenvalue weighted by Crippen LogP contribution is -2.14. The number of allylic oxidation sites excluding steroid dienone is 1. The Kier molecular flexibility index (Phi) is 8.30. The van der Waals surface area contributed by atoms with Crippen LogP contribution in [0.4, 0.5) is 10.8 Å². The number of thioether (sulfide) groups is 2. The summed E-state index contributed by atoms with van der Waals surface area (Å²) >= 11 is 4.13. The molecule has 39 heavy (non-hydrogen) atoms. The van der Waals surface area contributed by atoms with Crippen molar-refractivity contribution < 1.29 is 9.72 Å². The predicted molar refractivity (Wildman–Crippen MR) is 155 cm³/mol. The molecule has 0 radical (unpaired) electrons. The summed E-state index contributed by atoms with van der Waals surface area (Å²) in [7, 11) is 0. The number of amides is 1. The van der Waals surface area contributed by atoms with Gasteiger partial charge in [-0.1, -0.05) is 83.4 Å². The van der Waals surface area contributed by atoms with Crippen molar-refractivity contribution in [3.8, 4) is 11.4 Å². The normalized spacial score (nSPS) is 11.0. The van der Waals surface area contributed by atoms with Gasteiger partial charge in [-0.3, -0.25) is 24.8 Å². The minimum absolute atomic E-state index is 0.00778. The molecule has 0 saturated carbocycles. The highest BCUT2D eigenvalue weighted by Crippen LogP contribution is 2.31. The fraction of sp³-hybridized carbons (Fsp3) is 0.115. The summed E-state index contributed by atoms with van der Waals surface area (Å²) in [5, 5.41) is 33.9. The number of nitrogens with one attached hydrogen (secondary N) is 1. The molecule has 13 heteroatoms. The fourth-order valence-electron chi connectivity index (χ4n) is 3.80.